The standard InChI is InChI=1S/C21H26N2O4S/c1-14-9-15(2)21(16(3)10-14)28(25,26)22-12-17-11-20(24)23(13-17)18-5-7-19(27-4)8-6-18/h5-10,17,22H,11-13H2,1-4H3/t17-/m0/s1. The molecule has 0 bridgehead atoms. The number of ether oxygens (including phenoxy) is 1. The van der Waals surface area contributed by atoms with Crippen LogP contribution in [0.4, 0.5) is 5.69 Å². The summed E-state index contributed by atoms with van der Waals surface area (Å²) in [7, 11) is -2.04. The van der Waals surface area contributed by atoms with Gasteiger partial charge in [0.15, 0.2) is 0 Å². The summed E-state index contributed by atoms with van der Waals surface area (Å²) in [4.78, 5) is 14.4. The molecule has 1 saturated heterocycles. The number of amides is 1. The van der Waals surface area contributed by atoms with Crippen LogP contribution in [0.3, 0.4) is 0 Å². The van der Waals surface area contributed by atoms with E-state index in [1.54, 1.807) is 25.9 Å². The van der Waals surface area contributed by atoms with Crippen LogP contribution < -0.4 is 14.4 Å². The van der Waals surface area contributed by atoms with Crippen LogP contribution in [0.1, 0.15) is 23.1 Å². The van der Waals surface area contributed by atoms with E-state index in [-0.39, 0.29) is 18.4 Å². The molecular formula is C21H26N2O4S. The summed E-state index contributed by atoms with van der Waals surface area (Å²) in [5.74, 6) is 0.649. The third-order valence-electron chi connectivity index (χ3n) is 5.02. The second kappa shape index (κ2) is 7.93. The van der Waals surface area contributed by atoms with Crippen LogP contribution in [0.25, 0.3) is 0 Å². The second-order valence-electron chi connectivity index (χ2n) is 7.35. The molecule has 0 unspecified atom stereocenters. The van der Waals surface area contributed by atoms with Gasteiger partial charge in [-0.05, 0) is 62.1 Å². The number of sulfonamides is 1. The van der Waals surface area contributed by atoms with Gasteiger partial charge in [-0.2, -0.15) is 0 Å². The number of aryl methyl sites for hydroxylation is 3. The van der Waals surface area contributed by atoms with Gasteiger partial charge in [0.2, 0.25) is 15.9 Å². The number of hydrogen-bond donors (Lipinski definition) is 1. The number of nitrogens with one attached hydrogen (secondary N) is 1. The lowest BCUT2D eigenvalue weighted by Gasteiger charge is -2.18. The van der Waals surface area contributed by atoms with E-state index in [1.165, 1.54) is 0 Å². The average Bonchev–Trinajstić information content (AvgIpc) is 3.00. The number of carbonyl (C=O) groups is 1. The quantitative estimate of drug-likeness (QED) is 0.806. The molecule has 28 heavy (non-hydrogen) atoms. The number of nitrogens with zero attached hydrogens (tertiary/aromatic N) is 1. The largest absolute Gasteiger partial charge is 0.497 e. The van der Waals surface area contributed by atoms with E-state index in [2.05, 4.69) is 4.72 Å². The number of carbonyl (C=O) groups excluding carboxylic acids is 1. The molecule has 1 heterocycles. The van der Waals surface area contributed by atoms with Crippen molar-refractivity contribution in [1.82, 2.24) is 4.72 Å². The molecule has 1 atom stereocenters. The molecule has 1 amide bonds. The van der Waals surface area contributed by atoms with E-state index in [1.807, 2.05) is 43.3 Å². The van der Waals surface area contributed by atoms with Crippen molar-refractivity contribution in [3.8, 4) is 5.75 Å². The number of rotatable bonds is 6. The van der Waals surface area contributed by atoms with Gasteiger partial charge < -0.3 is 9.64 Å². The first-order chi connectivity index (χ1) is 13.2. The molecule has 1 aliphatic rings. The minimum atomic E-state index is -3.63. The van der Waals surface area contributed by atoms with Gasteiger partial charge in [-0.25, -0.2) is 13.1 Å². The summed E-state index contributed by atoms with van der Waals surface area (Å²) < 4.78 is 33.5. The zero-order chi connectivity index (χ0) is 20.5. The zero-order valence-corrected chi connectivity index (χ0v) is 17.5. The molecule has 6 nitrogen and oxygen atoms in total. The van der Waals surface area contributed by atoms with Crippen LogP contribution in [-0.2, 0) is 14.8 Å². The molecule has 7 heteroatoms. The summed E-state index contributed by atoms with van der Waals surface area (Å²) in [6, 6.07) is 11.0. The molecule has 150 valence electrons. The first-order valence-electron chi connectivity index (χ1n) is 9.23. The predicted molar refractivity (Wildman–Crippen MR) is 109 cm³/mol. The Bertz CT molecular complexity index is 961. The number of methoxy groups -OCH3 is 1. The third kappa shape index (κ3) is 4.20. The van der Waals surface area contributed by atoms with Crippen molar-refractivity contribution < 1.29 is 17.9 Å². The van der Waals surface area contributed by atoms with Crippen molar-refractivity contribution >= 4 is 21.6 Å². The molecule has 2 aromatic carbocycles. The first kappa shape index (κ1) is 20.4. The maximum atomic E-state index is 12.8. The van der Waals surface area contributed by atoms with Crippen molar-refractivity contribution in [2.75, 3.05) is 25.1 Å². The van der Waals surface area contributed by atoms with Gasteiger partial charge in [-0.3, -0.25) is 4.79 Å². The molecule has 0 aliphatic carbocycles. The Balaban J connectivity index is 1.69. The first-order valence-corrected chi connectivity index (χ1v) is 10.7. The molecule has 0 saturated carbocycles. The van der Waals surface area contributed by atoms with Gasteiger partial charge in [-0.1, -0.05) is 17.7 Å². The number of hydrogen-bond acceptors (Lipinski definition) is 4. The predicted octanol–water partition coefficient (Wildman–Crippen LogP) is 2.95. The van der Waals surface area contributed by atoms with Crippen LogP contribution in [0.5, 0.6) is 5.75 Å². The maximum absolute atomic E-state index is 12.8. The van der Waals surface area contributed by atoms with Gasteiger partial charge >= 0.3 is 0 Å². The zero-order valence-electron chi connectivity index (χ0n) is 16.7. The molecule has 0 spiro atoms. The third-order valence-corrected chi connectivity index (χ3v) is 6.75. The van der Waals surface area contributed by atoms with E-state index in [0.29, 0.717) is 17.9 Å². The molecule has 2 aromatic rings. The van der Waals surface area contributed by atoms with Crippen molar-refractivity contribution in [2.24, 2.45) is 5.92 Å². The van der Waals surface area contributed by atoms with Crippen molar-refractivity contribution in [3.63, 3.8) is 0 Å². The Morgan fingerprint density at radius 1 is 1.11 bits per heavy atom. The molecule has 1 N–H and O–H groups in total. The molecular weight excluding hydrogens is 376 g/mol. The fourth-order valence-electron chi connectivity index (χ4n) is 3.82. The van der Waals surface area contributed by atoms with E-state index in [9.17, 15) is 13.2 Å². The smallest absolute Gasteiger partial charge is 0.241 e. The highest BCUT2D eigenvalue weighted by Crippen LogP contribution is 2.27. The second-order valence-corrected chi connectivity index (χ2v) is 9.06. The van der Waals surface area contributed by atoms with Crippen LogP contribution in [0.15, 0.2) is 41.3 Å². The SMILES string of the molecule is COc1ccc(N2C[C@H](CNS(=O)(=O)c3c(C)cc(C)cc3C)CC2=O)cc1. The highest BCUT2D eigenvalue weighted by Gasteiger charge is 2.32. The number of benzene rings is 2. The van der Waals surface area contributed by atoms with Crippen molar-refractivity contribution in [2.45, 2.75) is 32.1 Å². The summed E-state index contributed by atoms with van der Waals surface area (Å²) in [5, 5.41) is 0. The van der Waals surface area contributed by atoms with Gasteiger partial charge in [0.25, 0.3) is 0 Å². The van der Waals surface area contributed by atoms with E-state index in [0.717, 1.165) is 28.1 Å². The Morgan fingerprint density at radius 2 is 1.71 bits per heavy atom. The normalized spacial score (nSPS) is 17.2. The molecule has 3 rings (SSSR count). The fourth-order valence-corrected chi connectivity index (χ4v) is 5.39. The Kier molecular flexibility index (Phi) is 5.76. The van der Waals surface area contributed by atoms with Crippen LogP contribution >= 0.6 is 0 Å². The van der Waals surface area contributed by atoms with Crippen LogP contribution in [0.2, 0.25) is 0 Å². The lowest BCUT2D eigenvalue weighted by molar-refractivity contribution is -0.117. The van der Waals surface area contributed by atoms with Crippen LogP contribution in [-0.4, -0.2) is 34.5 Å². The minimum absolute atomic E-state index is 0.00272. The average molecular weight is 403 g/mol. The summed E-state index contributed by atoms with van der Waals surface area (Å²) in [6.07, 6.45) is 0.320. The monoisotopic (exact) mass is 402 g/mol. The van der Waals surface area contributed by atoms with Crippen molar-refractivity contribution in [3.05, 3.63) is 53.1 Å². The maximum Gasteiger partial charge on any atom is 0.241 e. The van der Waals surface area contributed by atoms with Gasteiger partial charge in [0, 0.05) is 25.2 Å². The topological polar surface area (TPSA) is 75.7 Å². The molecule has 0 aromatic heterocycles. The lowest BCUT2D eigenvalue weighted by Crippen LogP contribution is -2.32. The van der Waals surface area contributed by atoms with E-state index in [4.69, 9.17) is 4.74 Å². The van der Waals surface area contributed by atoms with E-state index >= 15 is 0 Å². The number of anilines is 1. The summed E-state index contributed by atoms with van der Waals surface area (Å²) >= 11 is 0. The summed E-state index contributed by atoms with van der Waals surface area (Å²) in [6.45, 7) is 6.27. The Labute approximate surface area is 166 Å². The Hall–Kier alpha value is -2.38. The van der Waals surface area contributed by atoms with Crippen molar-refractivity contribution in [1.29, 1.82) is 0 Å². The minimum Gasteiger partial charge on any atom is -0.497 e. The van der Waals surface area contributed by atoms with Crippen LogP contribution in [0, 0.1) is 26.7 Å². The highest BCUT2D eigenvalue weighted by atomic mass is 32.2. The molecule has 1 fully saturated rings. The molecule has 1 aliphatic heterocycles. The summed E-state index contributed by atoms with van der Waals surface area (Å²) in [5.41, 5.74) is 3.28. The Morgan fingerprint density at radius 3 is 2.29 bits per heavy atom. The lowest BCUT2D eigenvalue weighted by atomic mass is 10.1. The van der Waals surface area contributed by atoms with Gasteiger partial charge in [0.05, 0.1) is 12.0 Å². The molecule has 0 radical (unpaired) electrons. The fraction of sp³-hybridized carbons (Fsp3) is 0.381. The van der Waals surface area contributed by atoms with Gasteiger partial charge in [0.1, 0.15) is 5.75 Å². The highest BCUT2D eigenvalue weighted by molar-refractivity contribution is 7.89. The van der Waals surface area contributed by atoms with E-state index < -0.39 is 10.0 Å². The van der Waals surface area contributed by atoms with Gasteiger partial charge in [-0.15, -0.1) is 0 Å².